The molecule has 1 aliphatic rings. The number of rotatable bonds is 6. The summed E-state index contributed by atoms with van der Waals surface area (Å²) in [5, 5.41) is 2.96. The lowest BCUT2D eigenvalue weighted by Gasteiger charge is -2.20. The molecule has 0 aliphatic carbocycles. The van der Waals surface area contributed by atoms with E-state index in [1.807, 2.05) is 19.1 Å². The van der Waals surface area contributed by atoms with E-state index in [2.05, 4.69) is 28.2 Å². The highest BCUT2D eigenvalue weighted by molar-refractivity contribution is 9.10. The molecule has 0 saturated heterocycles. The van der Waals surface area contributed by atoms with E-state index in [-0.39, 0.29) is 11.9 Å². The van der Waals surface area contributed by atoms with Gasteiger partial charge in [0.25, 0.3) is 0 Å². The summed E-state index contributed by atoms with van der Waals surface area (Å²) in [6.07, 6.45) is 0.949. The zero-order chi connectivity index (χ0) is 15.2. The largest absolute Gasteiger partial charge is 0.486 e. The van der Waals surface area contributed by atoms with Crippen LogP contribution in [-0.4, -0.2) is 30.9 Å². The van der Waals surface area contributed by atoms with E-state index in [1.54, 1.807) is 11.8 Å². The van der Waals surface area contributed by atoms with E-state index in [4.69, 9.17) is 9.47 Å². The van der Waals surface area contributed by atoms with Crippen molar-refractivity contribution in [1.82, 2.24) is 5.32 Å². The number of nitrogens with one attached hydrogen (secondary N) is 1. The first-order chi connectivity index (χ1) is 10.1. The van der Waals surface area contributed by atoms with Gasteiger partial charge in [-0.15, -0.1) is 11.8 Å². The molecule has 1 amide bonds. The minimum absolute atomic E-state index is 0.0861. The van der Waals surface area contributed by atoms with Gasteiger partial charge in [-0.25, -0.2) is 0 Å². The van der Waals surface area contributed by atoms with Gasteiger partial charge in [0.2, 0.25) is 5.91 Å². The van der Waals surface area contributed by atoms with Crippen LogP contribution in [0.5, 0.6) is 11.5 Å². The van der Waals surface area contributed by atoms with Crippen molar-refractivity contribution in [3.63, 3.8) is 0 Å². The van der Waals surface area contributed by atoms with E-state index in [9.17, 15) is 4.79 Å². The molecule has 0 bridgehead atoms. The lowest BCUT2D eigenvalue weighted by molar-refractivity contribution is -0.119. The maximum atomic E-state index is 11.7. The SMILES string of the molecule is CC[C@@H](C)NC(=O)CSCc1cc2c(cc1Br)OCCO2. The van der Waals surface area contributed by atoms with Gasteiger partial charge in [0.05, 0.1) is 5.75 Å². The second-order valence-corrected chi connectivity index (χ2v) is 6.80. The van der Waals surface area contributed by atoms with Gasteiger partial charge in [0, 0.05) is 16.3 Å². The second-order valence-electron chi connectivity index (χ2n) is 4.96. The molecule has 21 heavy (non-hydrogen) atoms. The summed E-state index contributed by atoms with van der Waals surface area (Å²) in [5.74, 6) is 2.86. The highest BCUT2D eigenvalue weighted by atomic mass is 79.9. The van der Waals surface area contributed by atoms with Gasteiger partial charge in [-0.1, -0.05) is 22.9 Å². The van der Waals surface area contributed by atoms with Gasteiger partial charge in [-0.3, -0.25) is 4.79 Å². The summed E-state index contributed by atoms with van der Waals surface area (Å²) in [5.41, 5.74) is 1.11. The van der Waals surface area contributed by atoms with Gasteiger partial charge in [0.1, 0.15) is 13.2 Å². The van der Waals surface area contributed by atoms with E-state index in [0.29, 0.717) is 19.0 Å². The minimum Gasteiger partial charge on any atom is -0.486 e. The van der Waals surface area contributed by atoms with Crippen LogP contribution in [-0.2, 0) is 10.5 Å². The third-order valence-corrected chi connectivity index (χ3v) is 4.94. The van der Waals surface area contributed by atoms with Crippen molar-refractivity contribution >= 4 is 33.6 Å². The lowest BCUT2D eigenvalue weighted by atomic mass is 10.2. The molecule has 0 spiro atoms. The van der Waals surface area contributed by atoms with E-state index >= 15 is 0 Å². The van der Waals surface area contributed by atoms with Crippen LogP contribution in [0.25, 0.3) is 0 Å². The van der Waals surface area contributed by atoms with Crippen molar-refractivity contribution in [2.24, 2.45) is 0 Å². The molecule has 1 aliphatic heterocycles. The van der Waals surface area contributed by atoms with Gasteiger partial charge in [-0.05, 0) is 31.0 Å². The van der Waals surface area contributed by atoms with Crippen LogP contribution in [0.1, 0.15) is 25.8 Å². The minimum atomic E-state index is 0.0861. The molecule has 1 aromatic rings. The fourth-order valence-corrected chi connectivity index (χ4v) is 3.37. The highest BCUT2D eigenvalue weighted by Crippen LogP contribution is 2.36. The topological polar surface area (TPSA) is 47.6 Å². The predicted octanol–water partition coefficient (Wildman–Crippen LogP) is 3.37. The maximum absolute atomic E-state index is 11.7. The number of carbonyl (C=O) groups is 1. The molecule has 2 rings (SSSR count). The predicted molar refractivity (Wildman–Crippen MR) is 89.2 cm³/mol. The molecular formula is C15H20BrNO3S. The fourth-order valence-electron chi connectivity index (χ4n) is 1.89. The smallest absolute Gasteiger partial charge is 0.230 e. The van der Waals surface area contributed by atoms with Crippen molar-refractivity contribution in [2.75, 3.05) is 19.0 Å². The fraction of sp³-hybridized carbons (Fsp3) is 0.533. The molecule has 0 aromatic heterocycles. The summed E-state index contributed by atoms with van der Waals surface area (Å²) >= 11 is 5.14. The number of benzene rings is 1. The summed E-state index contributed by atoms with van der Waals surface area (Å²) in [6.45, 7) is 5.24. The number of halogens is 1. The van der Waals surface area contributed by atoms with Crippen LogP contribution >= 0.6 is 27.7 Å². The first-order valence-electron chi connectivity index (χ1n) is 7.05. The Balaban J connectivity index is 1.87. The van der Waals surface area contributed by atoms with Crippen molar-refractivity contribution in [3.8, 4) is 11.5 Å². The third kappa shape index (κ3) is 4.81. The van der Waals surface area contributed by atoms with E-state index in [0.717, 1.165) is 33.7 Å². The normalized spacial score (nSPS) is 14.6. The number of ether oxygens (including phenoxy) is 2. The molecule has 4 nitrogen and oxygen atoms in total. The Bertz CT molecular complexity index is 510. The molecule has 1 heterocycles. The van der Waals surface area contributed by atoms with Crippen molar-refractivity contribution in [1.29, 1.82) is 0 Å². The Morgan fingerprint density at radius 2 is 2.05 bits per heavy atom. The van der Waals surface area contributed by atoms with Gasteiger partial charge in [-0.2, -0.15) is 0 Å². The highest BCUT2D eigenvalue weighted by Gasteiger charge is 2.15. The van der Waals surface area contributed by atoms with Crippen molar-refractivity contribution in [3.05, 3.63) is 22.2 Å². The van der Waals surface area contributed by atoms with Crippen LogP contribution in [0.3, 0.4) is 0 Å². The Labute approximate surface area is 138 Å². The number of thioether (sulfide) groups is 1. The van der Waals surface area contributed by atoms with Gasteiger partial charge >= 0.3 is 0 Å². The van der Waals surface area contributed by atoms with E-state index in [1.165, 1.54) is 0 Å². The molecular weight excluding hydrogens is 354 g/mol. The Morgan fingerprint density at radius 1 is 1.38 bits per heavy atom. The Kier molecular flexibility index (Phi) is 6.23. The summed E-state index contributed by atoms with van der Waals surface area (Å²) in [4.78, 5) is 11.7. The van der Waals surface area contributed by atoms with Gasteiger partial charge in [0.15, 0.2) is 11.5 Å². The number of carbonyl (C=O) groups excluding carboxylic acids is 1. The van der Waals surface area contributed by atoms with Crippen LogP contribution in [0.2, 0.25) is 0 Å². The zero-order valence-electron chi connectivity index (χ0n) is 12.3. The quantitative estimate of drug-likeness (QED) is 0.830. The standard InChI is InChI=1S/C15H20BrNO3S/c1-3-10(2)17-15(18)9-21-8-11-6-13-14(7-12(11)16)20-5-4-19-13/h6-7,10H,3-5,8-9H2,1-2H3,(H,17,18)/t10-/m1/s1. The van der Waals surface area contributed by atoms with Crippen molar-refractivity contribution in [2.45, 2.75) is 32.1 Å². The van der Waals surface area contributed by atoms with Crippen LogP contribution in [0, 0.1) is 0 Å². The third-order valence-electron chi connectivity index (χ3n) is 3.22. The summed E-state index contributed by atoms with van der Waals surface area (Å²) in [6, 6.07) is 4.15. The molecule has 1 N–H and O–H groups in total. The first kappa shape index (κ1) is 16.5. The molecule has 0 radical (unpaired) electrons. The van der Waals surface area contributed by atoms with Crippen LogP contribution in [0.15, 0.2) is 16.6 Å². The molecule has 6 heteroatoms. The van der Waals surface area contributed by atoms with Crippen molar-refractivity contribution < 1.29 is 14.3 Å². The second kappa shape index (κ2) is 7.94. The monoisotopic (exact) mass is 373 g/mol. The lowest BCUT2D eigenvalue weighted by Crippen LogP contribution is -2.33. The number of hydrogen-bond donors (Lipinski definition) is 1. The molecule has 1 aromatic carbocycles. The molecule has 116 valence electrons. The number of fused-ring (bicyclic) bond motifs is 1. The summed E-state index contributed by atoms with van der Waals surface area (Å²) in [7, 11) is 0. The van der Waals surface area contributed by atoms with Crippen LogP contribution < -0.4 is 14.8 Å². The summed E-state index contributed by atoms with van der Waals surface area (Å²) < 4.78 is 12.1. The molecule has 0 fully saturated rings. The Morgan fingerprint density at radius 3 is 2.71 bits per heavy atom. The maximum Gasteiger partial charge on any atom is 0.230 e. The Hall–Kier alpha value is -0.880. The molecule has 0 saturated carbocycles. The number of amides is 1. The molecule has 0 unspecified atom stereocenters. The zero-order valence-corrected chi connectivity index (χ0v) is 14.7. The average molecular weight is 374 g/mol. The first-order valence-corrected chi connectivity index (χ1v) is 9.00. The molecule has 1 atom stereocenters. The van der Waals surface area contributed by atoms with E-state index < -0.39 is 0 Å². The number of hydrogen-bond acceptors (Lipinski definition) is 4. The average Bonchev–Trinajstić information content (AvgIpc) is 2.47. The van der Waals surface area contributed by atoms with Crippen LogP contribution in [0.4, 0.5) is 0 Å². The van der Waals surface area contributed by atoms with Gasteiger partial charge < -0.3 is 14.8 Å².